The number of ether oxygens (including phenoxy) is 3. The van der Waals surface area contributed by atoms with Gasteiger partial charge >= 0.3 is 5.97 Å². The number of non-ortho nitro benzene ring substituents is 1. The third-order valence-corrected chi connectivity index (χ3v) is 6.81. The lowest BCUT2D eigenvalue weighted by molar-refractivity contribution is -0.384. The van der Waals surface area contributed by atoms with E-state index in [1.165, 1.54) is 29.5 Å². The number of aryl methyl sites for hydroxylation is 1. The molecule has 39 heavy (non-hydrogen) atoms. The van der Waals surface area contributed by atoms with Crippen molar-refractivity contribution in [1.82, 2.24) is 0 Å². The van der Waals surface area contributed by atoms with Crippen LogP contribution in [0.2, 0.25) is 0 Å². The van der Waals surface area contributed by atoms with Gasteiger partial charge in [-0.25, -0.2) is 4.79 Å². The van der Waals surface area contributed by atoms with Crippen LogP contribution in [-0.2, 0) is 9.53 Å². The summed E-state index contributed by atoms with van der Waals surface area (Å²) in [6, 6.07) is 11.3. The Bertz CT molecular complexity index is 1350. The van der Waals surface area contributed by atoms with E-state index in [0.29, 0.717) is 34.2 Å². The van der Waals surface area contributed by atoms with Crippen molar-refractivity contribution < 1.29 is 28.7 Å². The van der Waals surface area contributed by atoms with Gasteiger partial charge in [0.25, 0.3) is 5.69 Å². The first-order valence-electron chi connectivity index (χ1n) is 12.6. The van der Waals surface area contributed by atoms with Crippen LogP contribution in [0.25, 0.3) is 17.2 Å². The van der Waals surface area contributed by atoms with Crippen LogP contribution in [0, 0.1) is 17.0 Å². The zero-order chi connectivity index (χ0) is 28.4. The van der Waals surface area contributed by atoms with E-state index in [1.54, 1.807) is 44.4 Å². The number of nitrogens with one attached hydrogen (secondary N) is 1. The molecule has 0 aliphatic carbocycles. The minimum Gasteiger partial charge on any atom is -0.493 e. The maximum absolute atomic E-state index is 12.9. The fraction of sp³-hybridized carbons (Fsp3) is 0.310. The van der Waals surface area contributed by atoms with E-state index in [4.69, 9.17) is 14.2 Å². The standard InChI is InChI=1S/C29H32N2O7S/c1-5-7-8-17-38-23-15-9-20(18-24(23)36-4)10-16-25(32)30-28-27(29(33)37-6-2)26(19(3)39-28)21-11-13-22(14-12-21)31(34)35/h9-16,18H,5-8,17H2,1-4H3,(H,30,32)/b16-10+. The topological polar surface area (TPSA) is 117 Å². The summed E-state index contributed by atoms with van der Waals surface area (Å²) in [4.78, 5) is 37.1. The Morgan fingerprint density at radius 3 is 2.46 bits per heavy atom. The van der Waals surface area contributed by atoms with Crippen molar-refractivity contribution in [2.24, 2.45) is 0 Å². The molecule has 3 aromatic rings. The molecule has 0 spiro atoms. The largest absolute Gasteiger partial charge is 0.493 e. The number of unbranched alkanes of at least 4 members (excludes halogenated alkanes) is 2. The van der Waals surface area contributed by atoms with Crippen LogP contribution in [0.3, 0.4) is 0 Å². The summed E-state index contributed by atoms with van der Waals surface area (Å²) >= 11 is 1.23. The van der Waals surface area contributed by atoms with Crippen molar-refractivity contribution in [1.29, 1.82) is 0 Å². The van der Waals surface area contributed by atoms with Crippen molar-refractivity contribution in [3.05, 3.63) is 74.7 Å². The fourth-order valence-corrected chi connectivity index (χ4v) is 4.96. The second-order valence-corrected chi connectivity index (χ2v) is 9.78. The Morgan fingerprint density at radius 1 is 1.08 bits per heavy atom. The number of hydrogen-bond acceptors (Lipinski definition) is 8. The molecule has 2 aromatic carbocycles. The number of amides is 1. The van der Waals surface area contributed by atoms with E-state index in [9.17, 15) is 19.7 Å². The first-order chi connectivity index (χ1) is 18.8. The first kappa shape index (κ1) is 29.4. The monoisotopic (exact) mass is 552 g/mol. The number of nitrogens with zero attached hydrogens (tertiary/aromatic N) is 1. The van der Waals surface area contributed by atoms with Crippen molar-refractivity contribution in [2.45, 2.75) is 40.0 Å². The quantitative estimate of drug-likeness (QED) is 0.0794. The van der Waals surface area contributed by atoms with Crippen LogP contribution in [0.15, 0.2) is 48.5 Å². The molecule has 10 heteroatoms. The van der Waals surface area contributed by atoms with Crippen LogP contribution < -0.4 is 14.8 Å². The smallest absolute Gasteiger partial charge is 0.341 e. The second kappa shape index (κ2) is 14.1. The molecule has 0 bridgehead atoms. The van der Waals surface area contributed by atoms with Crippen molar-refractivity contribution >= 4 is 40.0 Å². The number of anilines is 1. The number of nitro benzene ring substituents is 1. The van der Waals surface area contributed by atoms with E-state index in [-0.39, 0.29) is 17.9 Å². The molecule has 0 atom stereocenters. The highest BCUT2D eigenvalue weighted by atomic mass is 32.1. The Labute approximate surface area is 231 Å². The molecule has 1 amide bonds. The molecule has 9 nitrogen and oxygen atoms in total. The number of esters is 1. The van der Waals surface area contributed by atoms with Gasteiger partial charge in [0.15, 0.2) is 11.5 Å². The van der Waals surface area contributed by atoms with Crippen LogP contribution >= 0.6 is 11.3 Å². The summed E-state index contributed by atoms with van der Waals surface area (Å²) < 4.78 is 16.5. The number of benzene rings is 2. The third kappa shape index (κ3) is 7.67. The second-order valence-electron chi connectivity index (χ2n) is 8.55. The SMILES string of the molecule is CCCCCOc1ccc(/C=C/C(=O)Nc2sc(C)c(-c3ccc([N+](=O)[O-])cc3)c2C(=O)OCC)cc1OC. The number of carbonyl (C=O) groups is 2. The average molecular weight is 553 g/mol. The van der Waals surface area contributed by atoms with Gasteiger partial charge in [-0.1, -0.05) is 25.8 Å². The van der Waals surface area contributed by atoms with Gasteiger partial charge < -0.3 is 19.5 Å². The molecular formula is C29H32N2O7S. The highest BCUT2D eigenvalue weighted by molar-refractivity contribution is 7.17. The van der Waals surface area contributed by atoms with Crippen LogP contribution in [0.4, 0.5) is 10.7 Å². The van der Waals surface area contributed by atoms with Gasteiger partial charge in [0.2, 0.25) is 5.91 Å². The number of hydrogen-bond donors (Lipinski definition) is 1. The highest BCUT2D eigenvalue weighted by Gasteiger charge is 2.25. The third-order valence-electron chi connectivity index (χ3n) is 5.79. The van der Waals surface area contributed by atoms with Crippen molar-refractivity contribution in [3.63, 3.8) is 0 Å². The van der Waals surface area contributed by atoms with Crippen molar-refractivity contribution in [3.8, 4) is 22.6 Å². The molecule has 1 N–H and O–H groups in total. The normalized spacial score (nSPS) is 10.9. The van der Waals surface area contributed by atoms with E-state index < -0.39 is 16.8 Å². The van der Waals surface area contributed by atoms with Crippen molar-refractivity contribution in [2.75, 3.05) is 25.6 Å². The van der Waals surface area contributed by atoms with Gasteiger partial charge in [0.1, 0.15) is 10.6 Å². The molecule has 206 valence electrons. The Hall–Kier alpha value is -4.18. The van der Waals surface area contributed by atoms with Crippen LogP contribution in [0.1, 0.15) is 53.9 Å². The summed E-state index contributed by atoms with van der Waals surface area (Å²) in [7, 11) is 1.56. The predicted octanol–water partition coefficient (Wildman–Crippen LogP) is 7.04. The van der Waals surface area contributed by atoms with E-state index >= 15 is 0 Å². The number of thiophene rings is 1. The molecule has 0 saturated carbocycles. The molecule has 0 aliphatic heterocycles. The van der Waals surface area contributed by atoms with E-state index in [2.05, 4.69) is 12.2 Å². The first-order valence-corrected chi connectivity index (χ1v) is 13.5. The molecule has 0 radical (unpaired) electrons. The fourth-order valence-electron chi connectivity index (χ4n) is 3.89. The van der Waals surface area contributed by atoms with Gasteiger partial charge in [-0.15, -0.1) is 11.3 Å². The Balaban J connectivity index is 1.82. The summed E-state index contributed by atoms with van der Waals surface area (Å²) in [5, 5.41) is 14.2. The lowest BCUT2D eigenvalue weighted by Crippen LogP contribution is -2.12. The highest BCUT2D eigenvalue weighted by Crippen LogP contribution is 2.41. The molecule has 0 saturated heterocycles. The van der Waals surface area contributed by atoms with Crippen LogP contribution in [0.5, 0.6) is 11.5 Å². The van der Waals surface area contributed by atoms with E-state index in [0.717, 1.165) is 29.7 Å². The maximum atomic E-state index is 12.9. The summed E-state index contributed by atoms with van der Waals surface area (Å²) in [6.45, 7) is 6.40. The number of nitro groups is 1. The Kier molecular flexibility index (Phi) is 10.6. The molecule has 1 aromatic heterocycles. The van der Waals surface area contributed by atoms with Gasteiger partial charge in [-0.2, -0.15) is 0 Å². The maximum Gasteiger partial charge on any atom is 0.341 e. The Morgan fingerprint density at radius 2 is 1.82 bits per heavy atom. The molecule has 0 fully saturated rings. The van der Waals surface area contributed by atoms with Gasteiger partial charge in [0, 0.05) is 28.6 Å². The average Bonchev–Trinajstić information content (AvgIpc) is 3.25. The molecule has 0 aliphatic rings. The van der Waals surface area contributed by atoms with E-state index in [1.807, 2.05) is 13.0 Å². The minimum atomic E-state index is -0.589. The minimum absolute atomic E-state index is 0.0595. The molecule has 0 unspecified atom stereocenters. The number of methoxy groups -OCH3 is 1. The molecule has 3 rings (SSSR count). The predicted molar refractivity (Wildman–Crippen MR) is 153 cm³/mol. The van der Waals surface area contributed by atoms with Gasteiger partial charge in [-0.05, 0) is 61.7 Å². The summed E-state index contributed by atoms with van der Waals surface area (Å²) in [6.07, 6.45) is 6.17. The number of carbonyl (C=O) groups excluding carboxylic acids is 2. The number of rotatable bonds is 13. The lowest BCUT2D eigenvalue weighted by atomic mass is 10.0. The molecule has 1 heterocycles. The zero-order valence-electron chi connectivity index (χ0n) is 22.4. The van der Waals surface area contributed by atoms with Gasteiger partial charge in [0.05, 0.1) is 25.2 Å². The molecular weight excluding hydrogens is 520 g/mol. The zero-order valence-corrected chi connectivity index (χ0v) is 23.3. The lowest BCUT2D eigenvalue weighted by Gasteiger charge is -2.11. The summed E-state index contributed by atoms with van der Waals surface area (Å²) in [5.41, 5.74) is 2.06. The van der Waals surface area contributed by atoms with Gasteiger partial charge in [-0.3, -0.25) is 14.9 Å². The van der Waals surface area contributed by atoms with Crippen LogP contribution in [-0.4, -0.2) is 37.1 Å². The summed E-state index contributed by atoms with van der Waals surface area (Å²) in [5.74, 6) is 0.187.